The zero-order valence-corrected chi connectivity index (χ0v) is 11.6. The maximum Gasteiger partial charge on any atom is 0.225 e. The Hall–Kier alpha value is -2.08. The number of carbonyl (C=O) groups is 1. The van der Waals surface area contributed by atoms with E-state index in [9.17, 15) is 10.1 Å². The van der Waals surface area contributed by atoms with Crippen molar-refractivity contribution >= 4 is 12.0 Å². The predicted octanol–water partition coefficient (Wildman–Crippen LogP) is 3.28. The van der Waals surface area contributed by atoms with E-state index in [-0.39, 0.29) is 5.91 Å². The van der Waals surface area contributed by atoms with Crippen LogP contribution in [0.25, 0.3) is 6.08 Å². The maximum atomic E-state index is 11.9. The van der Waals surface area contributed by atoms with Crippen molar-refractivity contribution in [2.24, 2.45) is 5.92 Å². The number of hydrogen-bond donors (Lipinski definition) is 0. The summed E-state index contributed by atoms with van der Waals surface area (Å²) in [4.78, 5) is 13.5. The van der Waals surface area contributed by atoms with Gasteiger partial charge < -0.3 is 0 Å². The number of rotatable bonds is 2. The largest absolute Gasteiger partial charge is 0.296 e. The Morgan fingerprint density at radius 2 is 2.11 bits per heavy atom. The Labute approximate surface area is 114 Å². The monoisotopic (exact) mass is 254 g/mol. The van der Waals surface area contributed by atoms with Crippen LogP contribution in [-0.4, -0.2) is 10.8 Å². The summed E-state index contributed by atoms with van der Waals surface area (Å²) in [6, 6.07) is 10.2. The van der Waals surface area contributed by atoms with Crippen LogP contribution in [0, 0.1) is 17.2 Å². The fraction of sp³-hybridized carbons (Fsp3) is 0.375. The normalized spacial score (nSPS) is 21.1. The molecule has 0 aliphatic carbocycles. The number of nitrogens with zero attached hydrogens (tertiary/aromatic N) is 2. The van der Waals surface area contributed by atoms with Crippen molar-refractivity contribution in [2.45, 2.75) is 32.7 Å². The molecule has 1 heterocycles. The van der Waals surface area contributed by atoms with E-state index >= 15 is 0 Å². The highest BCUT2D eigenvalue weighted by atomic mass is 16.2. The molecule has 0 saturated heterocycles. The molecule has 0 bridgehead atoms. The second-order valence-electron chi connectivity index (χ2n) is 5.36. The zero-order chi connectivity index (χ0) is 14.0. The summed E-state index contributed by atoms with van der Waals surface area (Å²) in [7, 11) is 0. The lowest BCUT2D eigenvalue weighted by molar-refractivity contribution is -0.130. The molecule has 19 heavy (non-hydrogen) atoms. The van der Waals surface area contributed by atoms with Crippen molar-refractivity contribution in [2.75, 3.05) is 0 Å². The van der Waals surface area contributed by atoms with Gasteiger partial charge in [-0.25, -0.2) is 0 Å². The van der Waals surface area contributed by atoms with Gasteiger partial charge in [0.25, 0.3) is 0 Å². The fourth-order valence-electron chi connectivity index (χ4n) is 2.76. The van der Waals surface area contributed by atoms with Gasteiger partial charge in [0.15, 0.2) is 5.54 Å². The minimum atomic E-state index is -0.884. The van der Waals surface area contributed by atoms with E-state index < -0.39 is 5.54 Å². The molecule has 98 valence electrons. The first-order chi connectivity index (χ1) is 9.01. The molecule has 0 spiro atoms. The first-order valence-corrected chi connectivity index (χ1v) is 6.50. The molecule has 1 amide bonds. The molecular formula is C16H18N2O. The Morgan fingerprint density at radius 3 is 2.68 bits per heavy atom. The molecule has 3 heteroatoms. The van der Waals surface area contributed by atoms with Crippen LogP contribution in [0.2, 0.25) is 0 Å². The molecule has 0 fully saturated rings. The molecule has 1 atom stereocenters. The molecule has 1 unspecified atom stereocenters. The van der Waals surface area contributed by atoms with Gasteiger partial charge in [-0.05, 0) is 29.5 Å². The molecule has 1 aromatic carbocycles. The van der Waals surface area contributed by atoms with Gasteiger partial charge in [-0.2, -0.15) is 5.26 Å². The number of amides is 1. The fourth-order valence-corrected chi connectivity index (χ4v) is 2.76. The van der Waals surface area contributed by atoms with Gasteiger partial charge in [0.2, 0.25) is 5.91 Å². The van der Waals surface area contributed by atoms with Crippen LogP contribution >= 0.6 is 0 Å². The minimum Gasteiger partial charge on any atom is -0.296 e. The van der Waals surface area contributed by atoms with Gasteiger partial charge >= 0.3 is 0 Å². The molecule has 0 aromatic heterocycles. The van der Waals surface area contributed by atoms with Gasteiger partial charge in [0.05, 0.1) is 6.07 Å². The highest BCUT2D eigenvalue weighted by molar-refractivity contribution is 5.79. The van der Waals surface area contributed by atoms with E-state index in [0.717, 1.165) is 11.1 Å². The van der Waals surface area contributed by atoms with Crippen LogP contribution in [-0.2, 0) is 10.3 Å². The summed E-state index contributed by atoms with van der Waals surface area (Å²) in [6.07, 6.45) is 4.26. The second kappa shape index (κ2) is 4.89. The maximum absolute atomic E-state index is 11.9. The van der Waals surface area contributed by atoms with Gasteiger partial charge in [-0.15, -0.1) is 0 Å². The summed E-state index contributed by atoms with van der Waals surface area (Å²) in [5.74, 6) is 0.217. The van der Waals surface area contributed by atoms with Crippen LogP contribution in [0.5, 0.6) is 0 Å². The molecule has 3 nitrogen and oxygen atoms in total. The van der Waals surface area contributed by atoms with E-state index in [0.29, 0.717) is 12.3 Å². The Balaban J connectivity index is 2.65. The molecule has 0 N–H and O–H groups in total. The van der Waals surface area contributed by atoms with Crippen molar-refractivity contribution < 1.29 is 4.79 Å². The van der Waals surface area contributed by atoms with Crippen LogP contribution in [0.1, 0.15) is 38.3 Å². The number of carbonyl (C=O) groups excluding carboxylic acids is 1. The lowest BCUT2D eigenvalue weighted by atomic mass is 9.78. The summed E-state index contributed by atoms with van der Waals surface area (Å²) in [5, 5.41) is 9.78. The average Bonchev–Trinajstić information content (AvgIpc) is 2.37. The summed E-state index contributed by atoms with van der Waals surface area (Å²) in [6.45, 7) is 5.64. The van der Waals surface area contributed by atoms with E-state index in [1.165, 1.54) is 6.92 Å². The third kappa shape index (κ3) is 2.15. The topological polar surface area (TPSA) is 44.1 Å². The highest BCUT2D eigenvalue weighted by Crippen LogP contribution is 2.40. The lowest BCUT2D eigenvalue weighted by Gasteiger charge is -2.41. The van der Waals surface area contributed by atoms with Crippen molar-refractivity contribution in [1.29, 1.82) is 5.26 Å². The highest BCUT2D eigenvalue weighted by Gasteiger charge is 2.43. The van der Waals surface area contributed by atoms with Crippen molar-refractivity contribution in [1.82, 2.24) is 4.90 Å². The van der Waals surface area contributed by atoms with Crippen LogP contribution in [0.15, 0.2) is 30.5 Å². The van der Waals surface area contributed by atoms with Gasteiger partial charge in [-0.3, -0.25) is 9.69 Å². The van der Waals surface area contributed by atoms with Crippen molar-refractivity contribution in [3.8, 4) is 6.07 Å². The minimum absolute atomic E-state index is 0.104. The Morgan fingerprint density at radius 1 is 1.42 bits per heavy atom. The van der Waals surface area contributed by atoms with Crippen LogP contribution in [0.4, 0.5) is 0 Å². The van der Waals surface area contributed by atoms with Crippen molar-refractivity contribution in [3.05, 3.63) is 41.6 Å². The molecule has 1 aromatic rings. The molecule has 1 aliphatic heterocycles. The first-order valence-electron chi connectivity index (χ1n) is 6.50. The number of nitriles is 1. The molecule has 0 radical (unpaired) electrons. The number of hydrogen-bond acceptors (Lipinski definition) is 2. The van der Waals surface area contributed by atoms with E-state index in [4.69, 9.17) is 0 Å². The quantitative estimate of drug-likeness (QED) is 0.813. The smallest absolute Gasteiger partial charge is 0.225 e. The number of fused-ring (bicyclic) bond motifs is 1. The zero-order valence-electron chi connectivity index (χ0n) is 11.6. The van der Waals surface area contributed by atoms with Crippen molar-refractivity contribution in [3.63, 3.8) is 0 Å². The Bertz CT molecular complexity index is 568. The second-order valence-corrected chi connectivity index (χ2v) is 5.36. The van der Waals surface area contributed by atoms with Gasteiger partial charge in [0.1, 0.15) is 0 Å². The van der Waals surface area contributed by atoms with E-state index in [2.05, 4.69) is 19.9 Å². The van der Waals surface area contributed by atoms with Crippen LogP contribution < -0.4 is 0 Å². The molecule has 1 aliphatic rings. The van der Waals surface area contributed by atoms with E-state index in [1.54, 1.807) is 11.1 Å². The van der Waals surface area contributed by atoms with Gasteiger partial charge in [-0.1, -0.05) is 38.1 Å². The SMILES string of the molecule is CC(=O)N1C=Cc2ccccc2C1(C#N)CC(C)C. The van der Waals surface area contributed by atoms with E-state index in [1.807, 2.05) is 30.3 Å². The van der Waals surface area contributed by atoms with Gasteiger partial charge in [0, 0.05) is 13.1 Å². The average molecular weight is 254 g/mol. The molecule has 0 saturated carbocycles. The summed E-state index contributed by atoms with van der Waals surface area (Å²) >= 11 is 0. The molecule has 2 rings (SSSR count). The third-order valence-electron chi connectivity index (χ3n) is 3.45. The lowest BCUT2D eigenvalue weighted by Crippen LogP contribution is -2.47. The first kappa shape index (κ1) is 13.4. The standard InChI is InChI=1S/C16H18N2O/c1-12(2)10-16(11-17)15-7-5-4-6-14(15)8-9-18(16)13(3)19/h4-9,12H,10H2,1-3H3. The number of benzene rings is 1. The summed E-state index contributed by atoms with van der Waals surface area (Å²) < 4.78 is 0. The summed E-state index contributed by atoms with van der Waals surface area (Å²) in [5.41, 5.74) is 1.05. The van der Waals surface area contributed by atoms with Crippen LogP contribution in [0.3, 0.4) is 0 Å². The Kier molecular flexibility index (Phi) is 3.44. The third-order valence-corrected chi connectivity index (χ3v) is 3.45. The predicted molar refractivity (Wildman–Crippen MR) is 74.7 cm³/mol. The molecular weight excluding hydrogens is 236 g/mol.